The second-order valence-corrected chi connectivity index (χ2v) is 7.16. The fraction of sp³-hybridized carbons (Fsp3) is 0. The Kier molecular flexibility index (Phi) is 4.30. The molecule has 5 nitrogen and oxygen atoms in total. The van der Waals surface area contributed by atoms with Crippen LogP contribution in [0.15, 0.2) is 89.3 Å². The van der Waals surface area contributed by atoms with Crippen LogP contribution in [0.3, 0.4) is 0 Å². The van der Waals surface area contributed by atoms with Crippen LogP contribution < -0.4 is 0 Å². The van der Waals surface area contributed by atoms with Crippen molar-refractivity contribution in [2.75, 3.05) is 0 Å². The topological polar surface area (TPSA) is 87.7 Å². The molecule has 5 heteroatoms. The van der Waals surface area contributed by atoms with E-state index in [1.165, 1.54) is 0 Å². The van der Waals surface area contributed by atoms with E-state index in [0.717, 1.165) is 10.8 Å². The molecule has 0 atom stereocenters. The fourth-order valence-corrected chi connectivity index (χ4v) is 4.11. The highest BCUT2D eigenvalue weighted by atomic mass is 16.4. The highest BCUT2D eigenvalue weighted by molar-refractivity contribution is 6.18. The largest absolute Gasteiger partial charge is 0.478 e. The summed E-state index contributed by atoms with van der Waals surface area (Å²) in [6.45, 7) is 0. The number of aromatic carboxylic acids is 2. The summed E-state index contributed by atoms with van der Waals surface area (Å²) in [5.41, 5.74) is 3.83. The smallest absolute Gasteiger partial charge is 0.336 e. The van der Waals surface area contributed by atoms with Crippen molar-refractivity contribution in [3.8, 4) is 22.3 Å². The standard InChI is InChI=1S/C26H16O5/c27-25(28)18-9-3-1-7-15(18)17-13-14-22-24(20-11-5-6-12-21(20)31-22)23(17)16-8-2-4-10-19(16)26(29)30/h1-14H,(H,27,28)(H,29,30). The molecule has 5 rings (SSSR count). The molecule has 0 unspecified atom stereocenters. The Morgan fingerprint density at radius 3 is 1.87 bits per heavy atom. The molecule has 2 N–H and O–H groups in total. The van der Waals surface area contributed by atoms with Crippen molar-refractivity contribution in [1.82, 2.24) is 0 Å². The van der Waals surface area contributed by atoms with Gasteiger partial charge in [-0.05, 0) is 47.0 Å². The lowest BCUT2D eigenvalue weighted by Gasteiger charge is -2.15. The van der Waals surface area contributed by atoms with Crippen molar-refractivity contribution in [3.63, 3.8) is 0 Å². The zero-order valence-corrected chi connectivity index (χ0v) is 16.2. The lowest BCUT2D eigenvalue weighted by atomic mass is 9.87. The first-order valence-corrected chi connectivity index (χ1v) is 9.66. The molecule has 31 heavy (non-hydrogen) atoms. The number of benzene rings is 4. The SMILES string of the molecule is O=C(O)c1ccccc1-c1ccc2oc3ccccc3c2c1-c1ccccc1C(=O)O. The quantitative estimate of drug-likeness (QED) is 0.363. The Balaban J connectivity index is 2.00. The van der Waals surface area contributed by atoms with Crippen LogP contribution in [0, 0.1) is 0 Å². The summed E-state index contributed by atoms with van der Waals surface area (Å²) in [5, 5.41) is 21.2. The summed E-state index contributed by atoms with van der Waals surface area (Å²) in [4.78, 5) is 24.0. The van der Waals surface area contributed by atoms with Gasteiger partial charge in [0.1, 0.15) is 11.2 Å². The zero-order valence-electron chi connectivity index (χ0n) is 16.2. The Morgan fingerprint density at radius 1 is 0.581 bits per heavy atom. The van der Waals surface area contributed by atoms with E-state index in [1.54, 1.807) is 60.7 Å². The molecule has 0 radical (unpaired) electrons. The number of hydrogen-bond donors (Lipinski definition) is 2. The Morgan fingerprint density at radius 2 is 1.16 bits per heavy atom. The first-order chi connectivity index (χ1) is 15.1. The highest BCUT2D eigenvalue weighted by Crippen LogP contribution is 2.44. The molecule has 4 aromatic carbocycles. The van der Waals surface area contributed by atoms with E-state index in [-0.39, 0.29) is 11.1 Å². The number of rotatable bonds is 4. The van der Waals surface area contributed by atoms with Crippen LogP contribution in [0.5, 0.6) is 0 Å². The van der Waals surface area contributed by atoms with Gasteiger partial charge in [0, 0.05) is 16.3 Å². The van der Waals surface area contributed by atoms with E-state index in [0.29, 0.717) is 33.4 Å². The average Bonchev–Trinajstić information content (AvgIpc) is 3.17. The van der Waals surface area contributed by atoms with Crippen LogP contribution in [0.2, 0.25) is 0 Å². The third kappa shape index (κ3) is 2.95. The van der Waals surface area contributed by atoms with E-state index in [4.69, 9.17) is 4.42 Å². The second kappa shape index (κ2) is 7.15. The molecule has 0 spiro atoms. The molecule has 1 heterocycles. The summed E-state index contributed by atoms with van der Waals surface area (Å²) in [7, 11) is 0. The van der Waals surface area contributed by atoms with Crippen LogP contribution >= 0.6 is 0 Å². The van der Waals surface area contributed by atoms with Crippen LogP contribution in [-0.4, -0.2) is 22.2 Å². The van der Waals surface area contributed by atoms with Gasteiger partial charge in [0.25, 0.3) is 0 Å². The number of fused-ring (bicyclic) bond motifs is 3. The van der Waals surface area contributed by atoms with Crippen molar-refractivity contribution in [2.24, 2.45) is 0 Å². The van der Waals surface area contributed by atoms with Gasteiger partial charge >= 0.3 is 11.9 Å². The molecule has 0 amide bonds. The number of carboxylic acids is 2. The van der Waals surface area contributed by atoms with E-state index >= 15 is 0 Å². The first-order valence-electron chi connectivity index (χ1n) is 9.66. The lowest BCUT2D eigenvalue weighted by molar-refractivity contribution is 0.0686. The van der Waals surface area contributed by atoms with Crippen molar-refractivity contribution in [1.29, 1.82) is 0 Å². The third-order valence-electron chi connectivity index (χ3n) is 5.42. The lowest BCUT2D eigenvalue weighted by Crippen LogP contribution is -2.02. The molecular weight excluding hydrogens is 392 g/mol. The van der Waals surface area contributed by atoms with Gasteiger partial charge in [0.15, 0.2) is 0 Å². The molecule has 0 saturated carbocycles. The molecule has 150 valence electrons. The van der Waals surface area contributed by atoms with Crippen LogP contribution in [0.1, 0.15) is 20.7 Å². The number of carboxylic acid groups (broad SMARTS) is 2. The second-order valence-electron chi connectivity index (χ2n) is 7.16. The van der Waals surface area contributed by atoms with Crippen LogP contribution in [0.25, 0.3) is 44.2 Å². The summed E-state index contributed by atoms with van der Waals surface area (Å²) >= 11 is 0. The van der Waals surface area contributed by atoms with Crippen molar-refractivity contribution in [3.05, 3.63) is 96.1 Å². The van der Waals surface area contributed by atoms with E-state index in [1.807, 2.05) is 24.3 Å². The number of carbonyl (C=O) groups is 2. The molecule has 0 bridgehead atoms. The predicted octanol–water partition coefficient (Wildman–Crippen LogP) is 6.32. The predicted molar refractivity (Wildman–Crippen MR) is 119 cm³/mol. The summed E-state index contributed by atoms with van der Waals surface area (Å²) in [6.07, 6.45) is 0. The summed E-state index contributed by atoms with van der Waals surface area (Å²) in [6, 6.07) is 24.6. The van der Waals surface area contributed by atoms with Gasteiger partial charge in [-0.1, -0.05) is 54.6 Å². The molecule has 0 aliphatic heterocycles. The normalized spacial score (nSPS) is 11.1. The van der Waals surface area contributed by atoms with Gasteiger partial charge in [-0.3, -0.25) is 0 Å². The molecule has 0 aliphatic rings. The van der Waals surface area contributed by atoms with Gasteiger partial charge in [-0.15, -0.1) is 0 Å². The van der Waals surface area contributed by atoms with Gasteiger partial charge in [-0.25, -0.2) is 9.59 Å². The van der Waals surface area contributed by atoms with Crippen molar-refractivity contribution in [2.45, 2.75) is 0 Å². The third-order valence-corrected chi connectivity index (χ3v) is 5.42. The maximum absolute atomic E-state index is 12.0. The minimum absolute atomic E-state index is 0.134. The summed E-state index contributed by atoms with van der Waals surface area (Å²) < 4.78 is 6.02. The zero-order chi connectivity index (χ0) is 21.5. The molecular formula is C26H16O5. The van der Waals surface area contributed by atoms with Gasteiger partial charge < -0.3 is 14.6 Å². The highest BCUT2D eigenvalue weighted by Gasteiger charge is 2.23. The van der Waals surface area contributed by atoms with Crippen molar-refractivity contribution < 1.29 is 24.2 Å². The molecule has 1 aromatic heterocycles. The minimum Gasteiger partial charge on any atom is -0.478 e. The maximum atomic E-state index is 12.0. The molecule has 5 aromatic rings. The fourth-order valence-electron chi connectivity index (χ4n) is 4.11. The first kappa shape index (κ1) is 18.6. The van der Waals surface area contributed by atoms with Gasteiger partial charge in [0.05, 0.1) is 11.1 Å². The molecule has 0 fully saturated rings. The minimum atomic E-state index is -1.06. The molecule has 0 aliphatic carbocycles. The van der Waals surface area contributed by atoms with E-state index in [9.17, 15) is 19.8 Å². The van der Waals surface area contributed by atoms with Crippen molar-refractivity contribution >= 4 is 33.9 Å². The molecule has 0 saturated heterocycles. The monoisotopic (exact) mass is 408 g/mol. The van der Waals surface area contributed by atoms with E-state index in [2.05, 4.69) is 0 Å². The van der Waals surface area contributed by atoms with Crippen LogP contribution in [-0.2, 0) is 0 Å². The average molecular weight is 408 g/mol. The van der Waals surface area contributed by atoms with E-state index < -0.39 is 11.9 Å². The Bertz CT molecular complexity index is 1490. The van der Waals surface area contributed by atoms with Gasteiger partial charge in [-0.2, -0.15) is 0 Å². The maximum Gasteiger partial charge on any atom is 0.336 e. The van der Waals surface area contributed by atoms with Crippen LogP contribution in [0.4, 0.5) is 0 Å². The number of hydrogen-bond acceptors (Lipinski definition) is 3. The summed E-state index contributed by atoms with van der Waals surface area (Å²) in [5.74, 6) is -2.11. The Hall–Kier alpha value is -4.38. The number of para-hydroxylation sites is 1. The number of furan rings is 1. The Labute approximate surface area is 176 Å². The van der Waals surface area contributed by atoms with Gasteiger partial charge in [0.2, 0.25) is 0 Å².